The average molecular weight is 518 g/mol. The van der Waals surface area contributed by atoms with E-state index in [1.165, 1.54) is 29.2 Å². The van der Waals surface area contributed by atoms with Crippen LogP contribution in [0.2, 0.25) is 0 Å². The molecule has 4 aromatic rings. The highest BCUT2D eigenvalue weighted by Gasteiger charge is 2.20. The second-order valence-corrected chi connectivity index (χ2v) is 10.2. The molecule has 2 amide bonds. The third kappa shape index (κ3) is 6.96. The van der Waals surface area contributed by atoms with Crippen LogP contribution in [-0.4, -0.2) is 28.7 Å². The van der Waals surface area contributed by atoms with E-state index in [9.17, 15) is 9.59 Å². The minimum atomic E-state index is -0.306. The lowest BCUT2D eigenvalue weighted by molar-refractivity contribution is -0.115. The van der Waals surface area contributed by atoms with Gasteiger partial charge < -0.3 is 15.4 Å². The maximum atomic E-state index is 13.0. The summed E-state index contributed by atoms with van der Waals surface area (Å²) < 4.78 is 6.51. The van der Waals surface area contributed by atoms with Crippen molar-refractivity contribution in [3.8, 4) is 5.75 Å². The SMILES string of the molecule is CCOc1ccc2nc(NC(=O)C(CC)Sc3cccc(NC(=O)/C=C/c4ccccc4)c3)sc2c1. The molecule has 184 valence electrons. The fraction of sp³-hybridized carbons (Fsp3) is 0.179. The summed E-state index contributed by atoms with van der Waals surface area (Å²) in [4.78, 5) is 30.8. The first-order chi connectivity index (χ1) is 17.5. The Labute approximate surface area is 218 Å². The van der Waals surface area contributed by atoms with Crippen LogP contribution in [0.3, 0.4) is 0 Å². The molecule has 1 atom stereocenters. The summed E-state index contributed by atoms with van der Waals surface area (Å²) in [5, 5.41) is 6.10. The van der Waals surface area contributed by atoms with Crippen LogP contribution in [0.15, 0.2) is 83.8 Å². The lowest BCUT2D eigenvalue weighted by Crippen LogP contribution is -2.24. The topological polar surface area (TPSA) is 80.3 Å². The van der Waals surface area contributed by atoms with E-state index in [4.69, 9.17) is 4.74 Å². The van der Waals surface area contributed by atoms with Gasteiger partial charge in [0.05, 0.1) is 22.1 Å². The summed E-state index contributed by atoms with van der Waals surface area (Å²) in [5.74, 6) is 0.469. The Kier molecular flexibility index (Phi) is 8.76. The fourth-order valence-corrected chi connectivity index (χ4v) is 5.36. The predicted molar refractivity (Wildman–Crippen MR) is 150 cm³/mol. The van der Waals surface area contributed by atoms with Crippen molar-refractivity contribution < 1.29 is 14.3 Å². The van der Waals surface area contributed by atoms with E-state index in [2.05, 4.69) is 15.6 Å². The number of aromatic nitrogens is 1. The number of rotatable bonds is 10. The Hall–Kier alpha value is -3.62. The van der Waals surface area contributed by atoms with Crippen LogP contribution in [0.5, 0.6) is 5.75 Å². The molecule has 6 nitrogen and oxygen atoms in total. The van der Waals surface area contributed by atoms with Crippen LogP contribution in [0, 0.1) is 0 Å². The molecule has 0 bridgehead atoms. The minimum Gasteiger partial charge on any atom is -0.494 e. The van der Waals surface area contributed by atoms with Gasteiger partial charge in [-0.2, -0.15) is 0 Å². The van der Waals surface area contributed by atoms with Crippen molar-refractivity contribution in [1.29, 1.82) is 0 Å². The van der Waals surface area contributed by atoms with Crippen molar-refractivity contribution in [1.82, 2.24) is 4.98 Å². The second kappa shape index (κ2) is 12.4. The van der Waals surface area contributed by atoms with Crippen LogP contribution < -0.4 is 15.4 Å². The zero-order valence-electron chi connectivity index (χ0n) is 20.1. The summed E-state index contributed by atoms with van der Waals surface area (Å²) in [7, 11) is 0. The van der Waals surface area contributed by atoms with E-state index < -0.39 is 0 Å². The van der Waals surface area contributed by atoms with E-state index in [0.717, 1.165) is 26.4 Å². The van der Waals surface area contributed by atoms with Crippen molar-refractivity contribution in [3.63, 3.8) is 0 Å². The van der Waals surface area contributed by atoms with Crippen molar-refractivity contribution in [2.45, 2.75) is 30.4 Å². The van der Waals surface area contributed by atoms with Gasteiger partial charge in [-0.15, -0.1) is 11.8 Å². The minimum absolute atomic E-state index is 0.105. The molecule has 0 saturated heterocycles. The number of thioether (sulfide) groups is 1. The molecule has 0 saturated carbocycles. The Morgan fingerprint density at radius 2 is 1.86 bits per heavy atom. The molecule has 0 aliphatic rings. The summed E-state index contributed by atoms with van der Waals surface area (Å²) in [6.45, 7) is 4.51. The number of carbonyl (C=O) groups excluding carboxylic acids is 2. The molecule has 4 rings (SSSR count). The number of thiazole rings is 1. The number of ether oxygens (including phenoxy) is 1. The molecule has 2 N–H and O–H groups in total. The van der Waals surface area contributed by atoms with E-state index in [0.29, 0.717) is 23.8 Å². The van der Waals surface area contributed by atoms with Crippen LogP contribution in [0.25, 0.3) is 16.3 Å². The van der Waals surface area contributed by atoms with Crippen molar-refractivity contribution in [3.05, 3.63) is 84.4 Å². The molecule has 3 aromatic carbocycles. The lowest BCUT2D eigenvalue weighted by Gasteiger charge is -2.14. The first kappa shape index (κ1) is 25.5. The van der Waals surface area contributed by atoms with Crippen LogP contribution in [0.1, 0.15) is 25.8 Å². The molecule has 0 spiro atoms. The largest absolute Gasteiger partial charge is 0.494 e. The molecule has 0 fully saturated rings. The Bertz CT molecular complexity index is 1370. The first-order valence-corrected chi connectivity index (χ1v) is 13.4. The standard InChI is InChI=1S/C28H27N3O3S2/c1-3-24(27(33)31-28-30-23-15-14-21(34-4-2)18-25(23)36-28)35-22-12-8-11-20(17-22)29-26(32)16-13-19-9-6-5-7-10-19/h5-18,24H,3-4H2,1-2H3,(H,29,32)(H,30,31,33)/b16-13+. The number of carbonyl (C=O) groups is 2. The summed E-state index contributed by atoms with van der Waals surface area (Å²) in [6, 6.07) is 22.9. The van der Waals surface area contributed by atoms with Crippen LogP contribution >= 0.6 is 23.1 Å². The Morgan fingerprint density at radius 1 is 1.03 bits per heavy atom. The number of hydrogen-bond acceptors (Lipinski definition) is 6. The van der Waals surface area contributed by atoms with Gasteiger partial charge in [-0.25, -0.2) is 4.98 Å². The lowest BCUT2D eigenvalue weighted by atomic mass is 10.2. The van der Waals surface area contributed by atoms with Gasteiger partial charge in [0, 0.05) is 16.7 Å². The van der Waals surface area contributed by atoms with Gasteiger partial charge in [-0.1, -0.05) is 54.7 Å². The van der Waals surface area contributed by atoms with Crippen molar-refractivity contribution >= 4 is 62.0 Å². The normalized spacial score (nSPS) is 11.9. The molecule has 0 radical (unpaired) electrons. The smallest absolute Gasteiger partial charge is 0.248 e. The molecular formula is C28H27N3O3S2. The second-order valence-electron chi connectivity index (χ2n) is 7.85. The molecule has 0 aliphatic heterocycles. The highest BCUT2D eigenvalue weighted by molar-refractivity contribution is 8.00. The number of amides is 2. The van der Waals surface area contributed by atoms with Gasteiger partial charge in [0.1, 0.15) is 5.75 Å². The Morgan fingerprint density at radius 3 is 2.64 bits per heavy atom. The number of hydrogen-bond donors (Lipinski definition) is 2. The van der Waals surface area contributed by atoms with Gasteiger partial charge in [0.15, 0.2) is 5.13 Å². The first-order valence-electron chi connectivity index (χ1n) is 11.7. The summed E-state index contributed by atoms with van der Waals surface area (Å²) >= 11 is 2.88. The van der Waals surface area contributed by atoms with E-state index in [1.54, 1.807) is 6.08 Å². The number of fused-ring (bicyclic) bond motifs is 1. The molecule has 1 aromatic heterocycles. The van der Waals surface area contributed by atoms with Gasteiger partial charge in [-0.3, -0.25) is 9.59 Å². The fourth-order valence-electron chi connectivity index (χ4n) is 3.45. The van der Waals surface area contributed by atoms with Gasteiger partial charge in [0.25, 0.3) is 0 Å². The number of nitrogens with zero attached hydrogens (tertiary/aromatic N) is 1. The number of nitrogens with one attached hydrogen (secondary N) is 2. The molecule has 1 heterocycles. The number of anilines is 2. The number of benzene rings is 3. The molecule has 36 heavy (non-hydrogen) atoms. The molecule has 1 unspecified atom stereocenters. The maximum absolute atomic E-state index is 13.0. The van der Waals surface area contributed by atoms with E-state index in [1.807, 2.05) is 86.6 Å². The maximum Gasteiger partial charge on any atom is 0.248 e. The molecule has 0 aliphatic carbocycles. The zero-order valence-corrected chi connectivity index (χ0v) is 21.7. The van der Waals surface area contributed by atoms with Crippen LogP contribution in [0.4, 0.5) is 10.8 Å². The highest BCUT2D eigenvalue weighted by Crippen LogP contribution is 2.32. The van der Waals surface area contributed by atoms with Gasteiger partial charge in [-0.05, 0) is 61.4 Å². The van der Waals surface area contributed by atoms with Gasteiger partial charge in [0.2, 0.25) is 11.8 Å². The average Bonchev–Trinajstić information content (AvgIpc) is 3.28. The summed E-state index contributed by atoms with van der Waals surface area (Å²) in [6.07, 6.45) is 3.92. The zero-order chi connectivity index (χ0) is 25.3. The monoisotopic (exact) mass is 517 g/mol. The highest BCUT2D eigenvalue weighted by atomic mass is 32.2. The van der Waals surface area contributed by atoms with Gasteiger partial charge >= 0.3 is 0 Å². The molecule has 8 heteroatoms. The third-order valence-electron chi connectivity index (χ3n) is 5.17. The van der Waals surface area contributed by atoms with Crippen molar-refractivity contribution in [2.75, 3.05) is 17.2 Å². The predicted octanol–water partition coefficient (Wildman–Crippen LogP) is 6.86. The Balaban J connectivity index is 1.37. The van der Waals surface area contributed by atoms with Crippen molar-refractivity contribution in [2.24, 2.45) is 0 Å². The third-order valence-corrected chi connectivity index (χ3v) is 7.46. The van der Waals surface area contributed by atoms with E-state index in [-0.39, 0.29) is 17.1 Å². The summed E-state index contributed by atoms with van der Waals surface area (Å²) in [5.41, 5.74) is 2.45. The van der Waals surface area contributed by atoms with Crippen LogP contribution in [-0.2, 0) is 9.59 Å². The quantitative estimate of drug-likeness (QED) is 0.177. The van der Waals surface area contributed by atoms with E-state index >= 15 is 0 Å². The molecular weight excluding hydrogens is 490 g/mol.